The molecule has 1 aliphatic rings. The van der Waals surface area contributed by atoms with Crippen molar-refractivity contribution in [1.29, 1.82) is 0 Å². The lowest BCUT2D eigenvalue weighted by Gasteiger charge is -2.38. The van der Waals surface area contributed by atoms with Crippen LogP contribution in [0.5, 0.6) is 0 Å². The van der Waals surface area contributed by atoms with Gasteiger partial charge in [-0.05, 0) is 30.4 Å². The van der Waals surface area contributed by atoms with Crippen molar-refractivity contribution in [3.05, 3.63) is 28.8 Å². The van der Waals surface area contributed by atoms with Gasteiger partial charge in [0.25, 0.3) is 5.56 Å². The highest BCUT2D eigenvalue weighted by atomic mass is 16.1. The Kier molecular flexibility index (Phi) is 2.92. The number of hydrogen-bond acceptors (Lipinski definition) is 4. The molecule has 0 aliphatic carbocycles. The molecule has 1 aromatic carbocycles. The van der Waals surface area contributed by atoms with E-state index in [1.54, 1.807) is 6.07 Å². The number of hydrogen-bond donors (Lipinski definition) is 2. The Morgan fingerprint density at radius 3 is 2.70 bits per heavy atom. The highest BCUT2D eigenvalue weighted by Crippen LogP contribution is 2.35. The van der Waals surface area contributed by atoms with Crippen molar-refractivity contribution in [2.75, 3.05) is 23.7 Å². The van der Waals surface area contributed by atoms with Gasteiger partial charge in [-0.25, -0.2) is 4.98 Å². The van der Waals surface area contributed by atoms with Crippen LogP contribution in [0.2, 0.25) is 0 Å². The van der Waals surface area contributed by atoms with Gasteiger partial charge >= 0.3 is 0 Å². The van der Waals surface area contributed by atoms with Crippen LogP contribution in [0.4, 0.5) is 11.4 Å². The maximum absolute atomic E-state index is 11.7. The molecule has 2 aromatic rings. The first-order valence-electron chi connectivity index (χ1n) is 6.98. The van der Waals surface area contributed by atoms with E-state index in [9.17, 15) is 4.79 Å². The number of benzene rings is 1. The molecule has 1 fully saturated rings. The minimum Gasteiger partial charge on any atom is -0.397 e. The largest absolute Gasteiger partial charge is 0.397 e. The summed E-state index contributed by atoms with van der Waals surface area (Å²) in [5.41, 5.74) is 8.72. The number of fused-ring (bicyclic) bond motifs is 1. The molecule has 0 saturated carbocycles. The molecule has 1 saturated heterocycles. The van der Waals surface area contributed by atoms with E-state index < -0.39 is 0 Å². The quantitative estimate of drug-likeness (QED) is 0.780. The minimum atomic E-state index is -0.145. The second-order valence-corrected chi connectivity index (χ2v) is 6.31. The zero-order chi connectivity index (χ0) is 14.3. The van der Waals surface area contributed by atoms with Crippen molar-refractivity contribution >= 4 is 22.3 Å². The monoisotopic (exact) mass is 272 g/mol. The topological polar surface area (TPSA) is 75.0 Å². The number of rotatable bonds is 1. The maximum atomic E-state index is 11.7. The molecule has 0 unspecified atom stereocenters. The number of aromatic amines is 1. The van der Waals surface area contributed by atoms with Gasteiger partial charge in [0.2, 0.25) is 0 Å². The average Bonchev–Trinajstić information content (AvgIpc) is 2.40. The van der Waals surface area contributed by atoms with Crippen LogP contribution in [0.1, 0.15) is 26.7 Å². The van der Waals surface area contributed by atoms with Gasteiger partial charge in [-0.2, -0.15) is 0 Å². The van der Waals surface area contributed by atoms with E-state index >= 15 is 0 Å². The van der Waals surface area contributed by atoms with E-state index in [0.29, 0.717) is 22.0 Å². The average molecular weight is 272 g/mol. The van der Waals surface area contributed by atoms with Crippen LogP contribution in [0.3, 0.4) is 0 Å². The number of piperidine rings is 1. The number of H-pyrrole nitrogens is 1. The number of nitrogens with two attached hydrogens (primary N) is 1. The van der Waals surface area contributed by atoms with E-state index in [-0.39, 0.29) is 5.56 Å². The Hall–Kier alpha value is -2.04. The summed E-state index contributed by atoms with van der Waals surface area (Å²) in [5, 5.41) is 0.547. The van der Waals surface area contributed by atoms with Gasteiger partial charge in [-0.1, -0.05) is 13.8 Å². The number of aromatic nitrogens is 2. The van der Waals surface area contributed by atoms with Gasteiger partial charge in [-0.15, -0.1) is 0 Å². The summed E-state index contributed by atoms with van der Waals surface area (Å²) in [6, 6.07) is 3.66. The van der Waals surface area contributed by atoms with Crippen LogP contribution in [-0.4, -0.2) is 23.1 Å². The van der Waals surface area contributed by atoms with Crippen molar-refractivity contribution in [2.24, 2.45) is 5.41 Å². The molecule has 0 amide bonds. The molecule has 0 radical (unpaired) electrons. The van der Waals surface area contributed by atoms with Gasteiger partial charge < -0.3 is 15.6 Å². The molecule has 0 atom stereocenters. The first-order valence-corrected chi connectivity index (χ1v) is 6.98. The molecular weight excluding hydrogens is 252 g/mol. The minimum absolute atomic E-state index is 0.145. The van der Waals surface area contributed by atoms with Gasteiger partial charge in [0.15, 0.2) is 0 Å². The second-order valence-electron chi connectivity index (χ2n) is 6.31. The van der Waals surface area contributed by atoms with Crippen LogP contribution in [-0.2, 0) is 0 Å². The molecule has 0 spiro atoms. The third-order valence-electron chi connectivity index (χ3n) is 4.25. The van der Waals surface area contributed by atoms with Gasteiger partial charge in [0, 0.05) is 13.1 Å². The number of nitrogens with zero attached hydrogens (tertiary/aromatic N) is 2. The molecule has 3 N–H and O–H groups in total. The molecule has 106 valence electrons. The fourth-order valence-electron chi connectivity index (χ4n) is 2.75. The number of nitrogens with one attached hydrogen (secondary N) is 1. The van der Waals surface area contributed by atoms with Crippen LogP contribution >= 0.6 is 0 Å². The van der Waals surface area contributed by atoms with Crippen molar-refractivity contribution in [2.45, 2.75) is 26.7 Å². The van der Waals surface area contributed by atoms with E-state index in [0.717, 1.165) is 31.6 Å². The molecular formula is C15H20N4O. The Morgan fingerprint density at radius 2 is 2.00 bits per heavy atom. The Balaban J connectivity index is 2.00. The summed E-state index contributed by atoms with van der Waals surface area (Å²) in [6.45, 7) is 6.59. The zero-order valence-corrected chi connectivity index (χ0v) is 11.9. The lowest BCUT2D eigenvalue weighted by atomic mass is 9.82. The number of anilines is 2. The predicted octanol–water partition coefficient (Wildman–Crippen LogP) is 2.13. The van der Waals surface area contributed by atoms with Crippen molar-refractivity contribution in [1.82, 2.24) is 9.97 Å². The normalized spacial score (nSPS) is 18.4. The summed E-state index contributed by atoms with van der Waals surface area (Å²) in [7, 11) is 0. The fourth-order valence-corrected chi connectivity index (χ4v) is 2.75. The highest BCUT2D eigenvalue weighted by molar-refractivity contribution is 5.88. The Morgan fingerprint density at radius 1 is 1.30 bits per heavy atom. The van der Waals surface area contributed by atoms with E-state index in [1.165, 1.54) is 6.33 Å². The standard InChI is InChI=1S/C15H20N4O/c1-15(2)3-5-19(6-4-15)13-8-12-10(7-11(13)16)14(20)18-9-17-12/h7-9H,3-6,16H2,1-2H3,(H,17,18,20). The molecule has 20 heavy (non-hydrogen) atoms. The lowest BCUT2D eigenvalue weighted by molar-refractivity contribution is 0.280. The SMILES string of the molecule is CC1(C)CCN(c2cc3nc[nH]c(=O)c3cc2N)CC1. The third-order valence-corrected chi connectivity index (χ3v) is 4.25. The first kappa shape index (κ1) is 13.0. The summed E-state index contributed by atoms with van der Waals surface area (Å²) < 4.78 is 0. The van der Waals surface area contributed by atoms with E-state index in [1.807, 2.05) is 6.07 Å². The molecule has 5 heteroatoms. The predicted molar refractivity (Wildman–Crippen MR) is 82.0 cm³/mol. The second kappa shape index (κ2) is 4.51. The first-order chi connectivity index (χ1) is 9.46. The van der Waals surface area contributed by atoms with Crippen LogP contribution in [0, 0.1) is 5.41 Å². The zero-order valence-electron chi connectivity index (χ0n) is 11.9. The summed E-state index contributed by atoms with van der Waals surface area (Å²) in [5.74, 6) is 0. The van der Waals surface area contributed by atoms with Crippen molar-refractivity contribution < 1.29 is 0 Å². The summed E-state index contributed by atoms with van der Waals surface area (Å²) in [6.07, 6.45) is 3.73. The maximum Gasteiger partial charge on any atom is 0.258 e. The lowest BCUT2D eigenvalue weighted by Crippen LogP contribution is -2.37. The Labute approximate surface area is 117 Å². The van der Waals surface area contributed by atoms with Crippen molar-refractivity contribution in [3.8, 4) is 0 Å². The molecule has 1 aromatic heterocycles. The summed E-state index contributed by atoms with van der Waals surface area (Å²) >= 11 is 0. The van der Waals surface area contributed by atoms with Crippen LogP contribution < -0.4 is 16.2 Å². The molecule has 0 bridgehead atoms. The summed E-state index contributed by atoms with van der Waals surface area (Å²) in [4.78, 5) is 20.8. The van der Waals surface area contributed by atoms with Crippen LogP contribution in [0.15, 0.2) is 23.3 Å². The van der Waals surface area contributed by atoms with Gasteiger partial charge in [0.05, 0.1) is 28.6 Å². The highest BCUT2D eigenvalue weighted by Gasteiger charge is 2.26. The van der Waals surface area contributed by atoms with Crippen molar-refractivity contribution in [3.63, 3.8) is 0 Å². The Bertz CT molecular complexity index is 695. The third kappa shape index (κ3) is 2.24. The van der Waals surface area contributed by atoms with Crippen LogP contribution in [0.25, 0.3) is 10.9 Å². The van der Waals surface area contributed by atoms with E-state index in [4.69, 9.17) is 5.73 Å². The smallest absolute Gasteiger partial charge is 0.258 e. The molecule has 2 heterocycles. The van der Waals surface area contributed by atoms with Gasteiger partial charge in [-0.3, -0.25) is 4.79 Å². The van der Waals surface area contributed by atoms with Gasteiger partial charge in [0.1, 0.15) is 0 Å². The fraction of sp³-hybridized carbons (Fsp3) is 0.467. The molecule has 5 nitrogen and oxygen atoms in total. The molecule has 3 rings (SSSR count). The van der Waals surface area contributed by atoms with E-state index in [2.05, 4.69) is 28.7 Å². The number of nitrogen functional groups attached to an aromatic ring is 1. The molecule has 1 aliphatic heterocycles.